The van der Waals surface area contributed by atoms with Crippen LogP contribution in [0.3, 0.4) is 0 Å². The van der Waals surface area contributed by atoms with Gasteiger partial charge in [0.25, 0.3) is 0 Å². The minimum atomic E-state index is -0.553. The van der Waals surface area contributed by atoms with Crippen LogP contribution in [0.1, 0.15) is 52.9 Å². The molecule has 3 N–H and O–H groups in total. The molecule has 1 aromatic heterocycles. The number of unbranched alkanes of at least 4 members (excludes halogenated alkanes) is 3. The number of nitrogens with zero attached hydrogens (tertiary/aromatic N) is 2. The van der Waals surface area contributed by atoms with Gasteiger partial charge in [-0.2, -0.15) is 0 Å². The van der Waals surface area contributed by atoms with Gasteiger partial charge in [0.2, 0.25) is 0 Å². The molecule has 2 rings (SSSR count). The Hall–Kier alpha value is -1.11. The summed E-state index contributed by atoms with van der Waals surface area (Å²) in [5.74, 6) is 0.00174. The van der Waals surface area contributed by atoms with E-state index in [9.17, 15) is 0 Å². The van der Waals surface area contributed by atoms with Gasteiger partial charge in [-0.25, -0.2) is 9.97 Å². The zero-order chi connectivity index (χ0) is 16.9. The summed E-state index contributed by atoms with van der Waals surface area (Å²) < 4.78 is 11.7. The van der Waals surface area contributed by atoms with Gasteiger partial charge >= 0.3 is 0 Å². The number of nitrogens with one attached hydrogen (secondary N) is 1. The number of anilines is 2. The lowest BCUT2D eigenvalue weighted by Gasteiger charge is -2.26. The molecule has 2 atom stereocenters. The average Bonchev–Trinajstić information content (AvgIpc) is 2.87. The lowest BCUT2D eigenvalue weighted by atomic mass is 10.0. The van der Waals surface area contributed by atoms with Crippen LogP contribution in [0, 0.1) is 0 Å². The molecule has 0 aliphatic carbocycles. The van der Waals surface area contributed by atoms with Crippen LogP contribution in [0.25, 0.3) is 0 Å². The van der Waals surface area contributed by atoms with E-state index in [1.54, 1.807) is 0 Å². The van der Waals surface area contributed by atoms with Crippen LogP contribution < -0.4 is 11.1 Å². The Morgan fingerprint density at radius 2 is 2.17 bits per heavy atom. The largest absolute Gasteiger partial charge is 0.393 e. The molecule has 0 radical (unpaired) electrons. The lowest BCUT2D eigenvalue weighted by Crippen LogP contribution is -2.37. The van der Waals surface area contributed by atoms with Crippen molar-refractivity contribution < 1.29 is 9.47 Å². The van der Waals surface area contributed by atoms with Crippen LogP contribution in [-0.2, 0) is 9.47 Å². The number of nitrogen functional groups attached to an aromatic ring is 1. The third kappa shape index (κ3) is 5.19. The van der Waals surface area contributed by atoms with E-state index in [4.69, 9.17) is 26.8 Å². The van der Waals surface area contributed by atoms with Crippen molar-refractivity contribution in [2.45, 2.75) is 70.8 Å². The second-order valence-corrected chi connectivity index (χ2v) is 6.75. The molecule has 1 aromatic rings. The summed E-state index contributed by atoms with van der Waals surface area (Å²) in [4.78, 5) is 8.09. The molecule has 1 fully saturated rings. The molecular formula is C16H27ClN4O2. The summed E-state index contributed by atoms with van der Waals surface area (Å²) in [5.41, 5.74) is 6.33. The highest BCUT2D eigenvalue weighted by Gasteiger charge is 2.37. The Morgan fingerprint density at radius 1 is 1.39 bits per heavy atom. The topological polar surface area (TPSA) is 82.3 Å². The third-order valence-corrected chi connectivity index (χ3v) is 4.31. The van der Waals surface area contributed by atoms with Crippen molar-refractivity contribution in [2.24, 2.45) is 0 Å². The molecule has 1 aliphatic rings. The molecule has 1 aliphatic heterocycles. The van der Waals surface area contributed by atoms with Crippen molar-refractivity contribution in [3.63, 3.8) is 0 Å². The van der Waals surface area contributed by atoms with Crippen molar-refractivity contribution in [1.82, 2.24) is 9.97 Å². The maximum absolute atomic E-state index is 6.01. The van der Waals surface area contributed by atoms with Crippen LogP contribution in [0.5, 0.6) is 0 Å². The Morgan fingerprint density at radius 3 is 2.83 bits per heavy atom. The summed E-state index contributed by atoms with van der Waals surface area (Å²) in [6.45, 7) is 6.61. The molecule has 6 nitrogen and oxygen atoms in total. The van der Waals surface area contributed by atoms with Crippen molar-refractivity contribution in [3.05, 3.63) is 11.5 Å². The fourth-order valence-electron chi connectivity index (χ4n) is 2.72. The number of halogens is 1. The van der Waals surface area contributed by atoms with Gasteiger partial charge in [-0.1, -0.05) is 44.2 Å². The highest BCUT2D eigenvalue weighted by Crippen LogP contribution is 2.29. The normalized spacial score (nSPS) is 21.3. The Balaban J connectivity index is 2.05. The maximum Gasteiger partial charge on any atom is 0.163 e. The predicted molar refractivity (Wildman–Crippen MR) is 92.5 cm³/mol. The van der Waals surface area contributed by atoms with Crippen LogP contribution in [0.4, 0.5) is 11.5 Å². The van der Waals surface area contributed by atoms with Gasteiger partial charge in [0.05, 0.1) is 12.6 Å². The maximum atomic E-state index is 6.01. The van der Waals surface area contributed by atoms with E-state index < -0.39 is 5.79 Å². The van der Waals surface area contributed by atoms with E-state index in [0.29, 0.717) is 18.1 Å². The number of nitrogens with two attached hydrogens (primary N) is 1. The number of hydrogen-bond donors (Lipinski definition) is 2. The van der Waals surface area contributed by atoms with Crippen molar-refractivity contribution in [2.75, 3.05) is 17.7 Å². The van der Waals surface area contributed by atoms with E-state index in [1.165, 1.54) is 25.6 Å². The molecule has 0 amide bonds. The first-order chi connectivity index (χ1) is 10.9. The fourth-order valence-corrected chi connectivity index (χ4v) is 2.85. The Bertz CT molecular complexity index is 513. The van der Waals surface area contributed by atoms with Gasteiger partial charge in [-0.3, -0.25) is 0 Å². The molecule has 7 heteroatoms. The standard InChI is InChI=1S/C16H27ClN4O2/c1-4-5-6-7-8-11(12-9-22-16(2,3)23-12)21-15-13(18)14(17)19-10-20-15/h10-12H,4-9,18H2,1-3H3,(H,19,20,21)/t11-,12+/m1/s1. The van der Waals surface area contributed by atoms with E-state index in [1.807, 2.05) is 13.8 Å². The van der Waals surface area contributed by atoms with E-state index in [2.05, 4.69) is 22.2 Å². The third-order valence-electron chi connectivity index (χ3n) is 4.01. The van der Waals surface area contributed by atoms with Gasteiger partial charge in [0, 0.05) is 0 Å². The first-order valence-corrected chi connectivity index (χ1v) is 8.65. The summed E-state index contributed by atoms with van der Waals surface area (Å²) in [5, 5.41) is 3.64. The van der Waals surface area contributed by atoms with E-state index >= 15 is 0 Å². The van der Waals surface area contributed by atoms with Gasteiger partial charge in [0.15, 0.2) is 16.8 Å². The zero-order valence-electron chi connectivity index (χ0n) is 14.1. The van der Waals surface area contributed by atoms with Crippen LogP contribution in [0.2, 0.25) is 5.15 Å². The van der Waals surface area contributed by atoms with Crippen LogP contribution in [0.15, 0.2) is 6.33 Å². The molecule has 0 unspecified atom stereocenters. The zero-order valence-corrected chi connectivity index (χ0v) is 14.9. The monoisotopic (exact) mass is 342 g/mol. The summed E-state index contributed by atoms with van der Waals surface area (Å²) in [7, 11) is 0. The quantitative estimate of drug-likeness (QED) is 0.554. The Labute approximate surface area is 143 Å². The SMILES string of the molecule is CCCCCC[C@@H](Nc1ncnc(Cl)c1N)[C@@H]1COC(C)(C)O1. The summed E-state index contributed by atoms with van der Waals surface area (Å²) in [6, 6.07) is 0.0712. The smallest absolute Gasteiger partial charge is 0.163 e. The minimum absolute atomic E-state index is 0.0419. The van der Waals surface area contributed by atoms with Crippen molar-refractivity contribution in [1.29, 1.82) is 0 Å². The van der Waals surface area contributed by atoms with Gasteiger partial charge in [-0.15, -0.1) is 0 Å². The molecule has 0 aromatic carbocycles. The Kier molecular flexibility index (Phi) is 6.44. The molecule has 2 heterocycles. The molecule has 1 saturated heterocycles. The minimum Gasteiger partial charge on any atom is -0.393 e. The second kappa shape index (κ2) is 8.13. The number of hydrogen-bond acceptors (Lipinski definition) is 6. The fraction of sp³-hybridized carbons (Fsp3) is 0.750. The lowest BCUT2D eigenvalue weighted by molar-refractivity contribution is -0.140. The molecule has 0 spiro atoms. The van der Waals surface area contributed by atoms with E-state index in [-0.39, 0.29) is 17.3 Å². The number of aromatic nitrogens is 2. The predicted octanol–water partition coefficient (Wildman–Crippen LogP) is 3.61. The van der Waals surface area contributed by atoms with Gasteiger partial charge in [0.1, 0.15) is 18.1 Å². The molecule has 23 heavy (non-hydrogen) atoms. The van der Waals surface area contributed by atoms with Crippen molar-refractivity contribution >= 4 is 23.1 Å². The molecular weight excluding hydrogens is 316 g/mol. The highest BCUT2D eigenvalue weighted by molar-refractivity contribution is 6.32. The number of ether oxygens (including phenoxy) is 2. The first-order valence-electron chi connectivity index (χ1n) is 8.27. The van der Waals surface area contributed by atoms with Crippen molar-refractivity contribution in [3.8, 4) is 0 Å². The molecule has 130 valence electrons. The summed E-state index contributed by atoms with van der Waals surface area (Å²) >= 11 is 5.98. The molecule has 0 saturated carbocycles. The second-order valence-electron chi connectivity index (χ2n) is 6.39. The van der Waals surface area contributed by atoms with Crippen LogP contribution >= 0.6 is 11.6 Å². The van der Waals surface area contributed by atoms with E-state index in [0.717, 1.165) is 12.8 Å². The first kappa shape index (κ1) is 18.2. The van der Waals surface area contributed by atoms with Gasteiger partial charge in [-0.05, 0) is 20.3 Å². The molecule has 0 bridgehead atoms. The average molecular weight is 343 g/mol. The van der Waals surface area contributed by atoms with Gasteiger partial charge < -0.3 is 20.5 Å². The highest BCUT2D eigenvalue weighted by atomic mass is 35.5. The number of rotatable bonds is 8. The van der Waals surface area contributed by atoms with Crippen LogP contribution in [-0.4, -0.2) is 34.5 Å². The summed E-state index contributed by atoms with van der Waals surface area (Å²) in [6.07, 6.45) is 7.09.